The average molecular weight is 555 g/mol. The molecule has 0 saturated heterocycles. The van der Waals surface area contributed by atoms with Crippen LogP contribution in [-0.4, -0.2) is 9.97 Å². The molecule has 42 heavy (non-hydrogen) atoms. The molecule has 0 unspecified atom stereocenters. The molecule has 0 amide bonds. The predicted molar refractivity (Wildman–Crippen MR) is 176 cm³/mol. The van der Waals surface area contributed by atoms with Gasteiger partial charge in [-0.15, -0.1) is 11.3 Å². The van der Waals surface area contributed by atoms with Gasteiger partial charge in [0.2, 0.25) is 0 Å². The lowest BCUT2D eigenvalue weighted by Gasteiger charge is -2.09. The largest absolute Gasteiger partial charge is 0.455 e. The van der Waals surface area contributed by atoms with Crippen molar-refractivity contribution in [2.75, 3.05) is 0 Å². The van der Waals surface area contributed by atoms with Gasteiger partial charge in [-0.05, 0) is 28.5 Å². The molecule has 0 bridgehead atoms. The summed E-state index contributed by atoms with van der Waals surface area (Å²) in [5.41, 5.74) is 7.94. The summed E-state index contributed by atoms with van der Waals surface area (Å²) in [5.74, 6) is 0.716. The molecule has 0 spiro atoms. The number of aromatic nitrogens is 2. The minimum atomic E-state index is 0.716. The SMILES string of the molecule is c1ccc(-c2nc(-c3cccc(-c4cccc5c4oc4ccccc45)c3)nc3c2sc2c4ccccc4ccc32)cc1. The lowest BCUT2D eigenvalue weighted by molar-refractivity contribution is 0.670. The molecule has 6 aromatic carbocycles. The number of thiophene rings is 1. The number of para-hydroxylation sites is 2. The van der Waals surface area contributed by atoms with E-state index in [2.05, 4.69) is 115 Å². The predicted octanol–water partition coefficient (Wildman–Crippen LogP) is 10.9. The number of nitrogens with zero attached hydrogens (tertiary/aromatic N) is 2. The summed E-state index contributed by atoms with van der Waals surface area (Å²) >= 11 is 1.78. The summed E-state index contributed by atoms with van der Waals surface area (Å²) in [7, 11) is 0. The highest BCUT2D eigenvalue weighted by atomic mass is 32.1. The molecule has 0 aliphatic rings. The molecular formula is C38H22N2OS. The molecule has 3 nitrogen and oxygen atoms in total. The summed E-state index contributed by atoms with van der Waals surface area (Å²) in [6, 6.07) is 46.5. The monoisotopic (exact) mass is 554 g/mol. The molecule has 0 saturated carbocycles. The summed E-state index contributed by atoms with van der Waals surface area (Å²) in [6.07, 6.45) is 0. The maximum absolute atomic E-state index is 6.36. The van der Waals surface area contributed by atoms with Crippen LogP contribution in [0.4, 0.5) is 0 Å². The minimum Gasteiger partial charge on any atom is -0.455 e. The smallest absolute Gasteiger partial charge is 0.160 e. The van der Waals surface area contributed by atoms with Crippen molar-refractivity contribution in [3.05, 3.63) is 133 Å². The van der Waals surface area contributed by atoms with E-state index in [-0.39, 0.29) is 0 Å². The van der Waals surface area contributed by atoms with Crippen molar-refractivity contribution in [3.8, 4) is 33.8 Å². The standard InChI is InChI=1S/C38H22N2OS/c1-2-11-24(12-3-1)33-37-34(31-21-20-23-10-4-5-15-28(23)36(31)42-37)40-38(39-33)26-14-8-13-25(22-26)27-17-9-18-30-29-16-6-7-19-32(29)41-35(27)30/h1-22H. The van der Waals surface area contributed by atoms with Crippen LogP contribution in [0.25, 0.3) is 86.8 Å². The van der Waals surface area contributed by atoms with Crippen LogP contribution in [0.15, 0.2) is 138 Å². The van der Waals surface area contributed by atoms with E-state index < -0.39 is 0 Å². The van der Waals surface area contributed by atoms with E-state index in [1.54, 1.807) is 11.3 Å². The molecule has 0 atom stereocenters. The molecule has 3 aromatic heterocycles. The second-order valence-corrected chi connectivity index (χ2v) is 11.6. The quantitative estimate of drug-likeness (QED) is 0.218. The van der Waals surface area contributed by atoms with Crippen molar-refractivity contribution in [3.63, 3.8) is 0 Å². The third kappa shape index (κ3) is 3.52. The summed E-state index contributed by atoms with van der Waals surface area (Å²) in [4.78, 5) is 10.5. The number of hydrogen-bond acceptors (Lipinski definition) is 4. The highest BCUT2D eigenvalue weighted by Gasteiger charge is 2.19. The van der Waals surface area contributed by atoms with E-state index >= 15 is 0 Å². The van der Waals surface area contributed by atoms with E-state index in [1.807, 2.05) is 18.2 Å². The molecular weight excluding hydrogens is 532 g/mol. The molecule has 196 valence electrons. The van der Waals surface area contributed by atoms with E-state index in [0.29, 0.717) is 5.82 Å². The van der Waals surface area contributed by atoms with Crippen LogP contribution in [0.5, 0.6) is 0 Å². The zero-order valence-corrected chi connectivity index (χ0v) is 23.2. The molecule has 4 heteroatoms. The van der Waals surface area contributed by atoms with Crippen LogP contribution < -0.4 is 0 Å². The summed E-state index contributed by atoms with van der Waals surface area (Å²) in [6.45, 7) is 0. The van der Waals surface area contributed by atoms with Gasteiger partial charge in [-0.1, -0.05) is 121 Å². The van der Waals surface area contributed by atoms with Crippen molar-refractivity contribution in [1.82, 2.24) is 9.97 Å². The van der Waals surface area contributed by atoms with Crippen LogP contribution in [0.3, 0.4) is 0 Å². The Bertz CT molecular complexity index is 2470. The number of benzene rings is 6. The van der Waals surface area contributed by atoms with Crippen molar-refractivity contribution in [2.24, 2.45) is 0 Å². The topological polar surface area (TPSA) is 38.9 Å². The Morgan fingerprint density at radius 1 is 0.500 bits per heavy atom. The van der Waals surface area contributed by atoms with Gasteiger partial charge in [-0.25, -0.2) is 9.97 Å². The zero-order chi connectivity index (χ0) is 27.6. The Kier molecular flexibility index (Phi) is 5.07. The Labute approximate surface area is 245 Å². The number of rotatable bonds is 3. The van der Waals surface area contributed by atoms with E-state index in [9.17, 15) is 0 Å². The van der Waals surface area contributed by atoms with Crippen LogP contribution in [0.1, 0.15) is 0 Å². The number of furan rings is 1. The van der Waals surface area contributed by atoms with Crippen LogP contribution in [0, 0.1) is 0 Å². The van der Waals surface area contributed by atoms with E-state index in [1.165, 1.54) is 15.5 Å². The van der Waals surface area contributed by atoms with Gasteiger partial charge in [-0.2, -0.15) is 0 Å². The van der Waals surface area contributed by atoms with Gasteiger partial charge in [0.25, 0.3) is 0 Å². The van der Waals surface area contributed by atoms with Gasteiger partial charge >= 0.3 is 0 Å². The molecule has 0 aliphatic heterocycles. The molecule has 0 N–H and O–H groups in total. The fourth-order valence-corrected chi connectivity index (χ4v) is 7.38. The van der Waals surface area contributed by atoms with E-state index in [0.717, 1.165) is 65.5 Å². The van der Waals surface area contributed by atoms with Gasteiger partial charge in [0, 0.05) is 37.5 Å². The normalized spacial score (nSPS) is 11.8. The van der Waals surface area contributed by atoms with E-state index in [4.69, 9.17) is 14.4 Å². The average Bonchev–Trinajstić information content (AvgIpc) is 3.64. The lowest BCUT2D eigenvalue weighted by atomic mass is 10.00. The lowest BCUT2D eigenvalue weighted by Crippen LogP contribution is -1.94. The Morgan fingerprint density at radius 3 is 2.17 bits per heavy atom. The van der Waals surface area contributed by atoms with Crippen molar-refractivity contribution >= 4 is 64.4 Å². The first-order chi connectivity index (χ1) is 20.8. The molecule has 9 rings (SSSR count). The summed E-state index contributed by atoms with van der Waals surface area (Å²) in [5, 5.41) is 5.90. The van der Waals surface area contributed by atoms with Gasteiger partial charge < -0.3 is 4.42 Å². The first kappa shape index (κ1) is 23.4. The highest BCUT2D eigenvalue weighted by molar-refractivity contribution is 7.27. The van der Waals surface area contributed by atoms with Crippen molar-refractivity contribution in [1.29, 1.82) is 0 Å². The Balaban J connectivity index is 1.29. The Morgan fingerprint density at radius 2 is 1.24 bits per heavy atom. The van der Waals surface area contributed by atoms with Gasteiger partial charge in [0.1, 0.15) is 11.2 Å². The molecule has 3 heterocycles. The fourth-order valence-electron chi connectivity index (χ4n) is 6.09. The van der Waals surface area contributed by atoms with Crippen LogP contribution in [0.2, 0.25) is 0 Å². The molecule has 0 aliphatic carbocycles. The van der Waals surface area contributed by atoms with Crippen LogP contribution >= 0.6 is 11.3 Å². The maximum atomic E-state index is 6.36. The van der Waals surface area contributed by atoms with Crippen molar-refractivity contribution < 1.29 is 4.42 Å². The van der Waals surface area contributed by atoms with Gasteiger partial charge in [-0.3, -0.25) is 0 Å². The molecule has 9 aromatic rings. The number of hydrogen-bond donors (Lipinski definition) is 0. The zero-order valence-electron chi connectivity index (χ0n) is 22.4. The fraction of sp³-hybridized carbons (Fsp3) is 0. The Hall–Kier alpha value is -5.32. The highest BCUT2D eigenvalue weighted by Crippen LogP contribution is 2.43. The van der Waals surface area contributed by atoms with Crippen LogP contribution in [-0.2, 0) is 0 Å². The second-order valence-electron chi connectivity index (χ2n) is 10.6. The number of fused-ring (bicyclic) bond motifs is 8. The minimum absolute atomic E-state index is 0.716. The molecule has 0 radical (unpaired) electrons. The first-order valence-corrected chi connectivity index (χ1v) is 14.8. The maximum Gasteiger partial charge on any atom is 0.160 e. The van der Waals surface area contributed by atoms with Gasteiger partial charge in [0.05, 0.1) is 15.9 Å². The van der Waals surface area contributed by atoms with Gasteiger partial charge in [0.15, 0.2) is 5.82 Å². The summed E-state index contributed by atoms with van der Waals surface area (Å²) < 4.78 is 8.72. The first-order valence-electron chi connectivity index (χ1n) is 14.0. The third-order valence-electron chi connectivity index (χ3n) is 8.09. The second kappa shape index (κ2) is 9.10. The molecule has 0 fully saturated rings. The van der Waals surface area contributed by atoms with Crippen molar-refractivity contribution in [2.45, 2.75) is 0 Å². The third-order valence-corrected chi connectivity index (χ3v) is 9.32.